The lowest BCUT2D eigenvalue weighted by Gasteiger charge is -2.05. The van der Waals surface area contributed by atoms with Crippen molar-refractivity contribution in [1.29, 1.82) is 0 Å². The molecule has 4 nitrogen and oxygen atoms in total. The van der Waals surface area contributed by atoms with Gasteiger partial charge in [0.05, 0.1) is 20.0 Å². The minimum Gasteiger partial charge on any atom is -0.425 e. The van der Waals surface area contributed by atoms with Crippen LogP contribution >= 0.6 is 56.5 Å². The summed E-state index contributed by atoms with van der Waals surface area (Å²) in [4.78, 5) is 26.0. The topological polar surface area (TPSA) is 52.6 Å². The average Bonchev–Trinajstić information content (AvgIpc) is 3.05. The summed E-state index contributed by atoms with van der Waals surface area (Å²) in [5, 5.41) is 0. The first-order chi connectivity index (χ1) is 13.0. The van der Waals surface area contributed by atoms with Crippen molar-refractivity contribution >= 4 is 68.5 Å². The Morgan fingerprint density at radius 1 is 0.704 bits per heavy atom. The highest BCUT2D eigenvalue weighted by molar-refractivity contribution is 14.1. The highest BCUT2D eigenvalue weighted by Gasteiger charge is 2.13. The fourth-order valence-corrected chi connectivity index (χ4v) is 4.25. The number of thiophene rings is 1. The van der Waals surface area contributed by atoms with Crippen LogP contribution in [0.25, 0.3) is 0 Å². The van der Waals surface area contributed by atoms with Crippen LogP contribution in [-0.4, -0.2) is 11.9 Å². The van der Waals surface area contributed by atoms with Crippen LogP contribution in [0, 0.1) is 7.14 Å². The normalized spacial score (nSPS) is 10.4. The zero-order chi connectivity index (χ0) is 19.2. The number of benzene rings is 2. The SMILES string of the molecule is O=C(Cc1ccc(CC(=O)Oc2ccccc2I)s1)Oc1ccccc1I. The van der Waals surface area contributed by atoms with Crippen LogP contribution in [0.3, 0.4) is 0 Å². The second kappa shape index (κ2) is 9.65. The van der Waals surface area contributed by atoms with E-state index in [1.807, 2.05) is 48.5 Å². The maximum absolute atomic E-state index is 12.1. The maximum atomic E-state index is 12.1. The van der Waals surface area contributed by atoms with Gasteiger partial charge in [-0.2, -0.15) is 0 Å². The Kier molecular flexibility index (Phi) is 7.25. The van der Waals surface area contributed by atoms with Gasteiger partial charge in [0.1, 0.15) is 11.5 Å². The fraction of sp³-hybridized carbons (Fsp3) is 0.100. The van der Waals surface area contributed by atoms with Crippen molar-refractivity contribution in [2.45, 2.75) is 12.8 Å². The molecule has 3 aromatic rings. The van der Waals surface area contributed by atoms with Gasteiger partial charge in [-0.05, 0) is 81.6 Å². The molecule has 7 heteroatoms. The second-order valence-corrected chi connectivity index (χ2v) is 9.11. The summed E-state index contributed by atoms with van der Waals surface area (Å²) in [6.07, 6.45) is 0.336. The standard InChI is InChI=1S/C20H14I2O4S/c21-15-5-1-3-7-17(15)25-19(23)11-13-9-10-14(27-13)12-20(24)26-18-8-4-2-6-16(18)22/h1-10H,11-12H2. The van der Waals surface area contributed by atoms with E-state index in [4.69, 9.17) is 9.47 Å². The van der Waals surface area contributed by atoms with Crippen molar-refractivity contribution in [2.24, 2.45) is 0 Å². The molecule has 0 saturated heterocycles. The largest absolute Gasteiger partial charge is 0.425 e. The summed E-state index contributed by atoms with van der Waals surface area (Å²) in [7, 11) is 0. The predicted molar refractivity (Wildman–Crippen MR) is 121 cm³/mol. The molecule has 0 fully saturated rings. The number of carbonyl (C=O) groups is 2. The van der Waals surface area contributed by atoms with E-state index in [0.717, 1.165) is 16.9 Å². The Hall–Kier alpha value is -1.46. The number of ether oxygens (including phenoxy) is 2. The van der Waals surface area contributed by atoms with Gasteiger partial charge < -0.3 is 9.47 Å². The average molecular weight is 604 g/mol. The van der Waals surface area contributed by atoms with Crippen LogP contribution in [-0.2, 0) is 22.4 Å². The molecule has 0 aliphatic heterocycles. The summed E-state index contributed by atoms with van der Waals surface area (Å²) < 4.78 is 12.6. The number of esters is 2. The minimum absolute atomic E-state index is 0.168. The van der Waals surface area contributed by atoms with E-state index in [2.05, 4.69) is 45.2 Å². The van der Waals surface area contributed by atoms with Gasteiger partial charge in [-0.25, -0.2) is 0 Å². The van der Waals surface area contributed by atoms with Gasteiger partial charge in [0.2, 0.25) is 0 Å². The molecule has 0 amide bonds. The van der Waals surface area contributed by atoms with Crippen molar-refractivity contribution in [1.82, 2.24) is 0 Å². The Bertz CT molecular complexity index is 892. The van der Waals surface area contributed by atoms with Gasteiger partial charge in [0, 0.05) is 9.75 Å². The Morgan fingerprint density at radius 2 is 1.11 bits per heavy atom. The number of hydrogen-bond acceptors (Lipinski definition) is 5. The van der Waals surface area contributed by atoms with Gasteiger partial charge in [-0.1, -0.05) is 24.3 Å². The van der Waals surface area contributed by atoms with E-state index >= 15 is 0 Å². The van der Waals surface area contributed by atoms with Crippen LogP contribution in [0.2, 0.25) is 0 Å². The lowest BCUT2D eigenvalue weighted by molar-refractivity contribution is -0.134. The second-order valence-electron chi connectivity index (χ2n) is 5.53. The molecule has 27 heavy (non-hydrogen) atoms. The highest BCUT2D eigenvalue weighted by atomic mass is 127. The lowest BCUT2D eigenvalue weighted by atomic mass is 10.3. The minimum atomic E-state index is -0.325. The Morgan fingerprint density at radius 3 is 1.52 bits per heavy atom. The molecule has 0 aliphatic carbocycles. The molecular weight excluding hydrogens is 590 g/mol. The highest BCUT2D eigenvalue weighted by Crippen LogP contribution is 2.23. The summed E-state index contributed by atoms with van der Waals surface area (Å²) in [5.74, 6) is 0.463. The van der Waals surface area contributed by atoms with Crippen LogP contribution < -0.4 is 9.47 Å². The van der Waals surface area contributed by atoms with Crippen LogP contribution in [0.5, 0.6) is 11.5 Å². The van der Waals surface area contributed by atoms with Gasteiger partial charge in [-0.3, -0.25) is 9.59 Å². The number of halogens is 2. The van der Waals surface area contributed by atoms with Gasteiger partial charge >= 0.3 is 11.9 Å². The lowest BCUT2D eigenvalue weighted by Crippen LogP contribution is -2.11. The summed E-state index contributed by atoms with van der Waals surface area (Å²) >= 11 is 5.67. The third-order valence-electron chi connectivity index (χ3n) is 3.48. The molecule has 1 heterocycles. The third-order valence-corrected chi connectivity index (χ3v) is 6.34. The molecule has 138 valence electrons. The van der Waals surface area contributed by atoms with E-state index in [9.17, 15) is 9.59 Å². The number of hydrogen-bond donors (Lipinski definition) is 0. The first-order valence-corrected chi connectivity index (χ1v) is 11.0. The van der Waals surface area contributed by atoms with Gasteiger partial charge in [0.25, 0.3) is 0 Å². The molecule has 0 aliphatic rings. The Balaban J connectivity index is 1.55. The smallest absolute Gasteiger partial charge is 0.316 e. The fourth-order valence-electron chi connectivity index (χ4n) is 2.27. The number of rotatable bonds is 6. The molecule has 0 unspecified atom stereocenters. The van der Waals surface area contributed by atoms with Crippen molar-refractivity contribution < 1.29 is 19.1 Å². The molecule has 3 rings (SSSR count). The zero-order valence-corrected chi connectivity index (χ0v) is 19.1. The number of carbonyl (C=O) groups excluding carboxylic acids is 2. The summed E-state index contributed by atoms with van der Waals surface area (Å²) in [6.45, 7) is 0. The Labute approximate surface area is 188 Å². The van der Waals surface area contributed by atoms with E-state index < -0.39 is 0 Å². The van der Waals surface area contributed by atoms with Crippen molar-refractivity contribution in [3.05, 3.63) is 77.6 Å². The molecule has 0 radical (unpaired) electrons. The molecule has 2 aromatic carbocycles. The third kappa shape index (κ3) is 6.01. The van der Waals surface area contributed by atoms with E-state index in [0.29, 0.717) is 11.5 Å². The van der Waals surface area contributed by atoms with Crippen LogP contribution in [0.15, 0.2) is 60.7 Å². The van der Waals surface area contributed by atoms with E-state index in [-0.39, 0.29) is 24.8 Å². The van der Waals surface area contributed by atoms with Crippen LogP contribution in [0.1, 0.15) is 9.75 Å². The van der Waals surface area contributed by atoms with E-state index in [1.165, 1.54) is 11.3 Å². The molecule has 0 bridgehead atoms. The first-order valence-electron chi connectivity index (χ1n) is 7.99. The van der Waals surface area contributed by atoms with Gasteiger partial charge in [-0.15, -0.1) is 11.3 Å². The predicted octanol–water partition coefficient (Wildman–Crippen LogP) is 5.25. The zero-order valence-electron chi connectivity index (χ0n) is 14.0. The summed E-state index contributed by atoms with van der Waals surface area (Å²) in [5.41, 5.74) is 0. The molecule has 1 aromatic heterocycles. The van der Waals surface area contributed by atoms with Crippen molar-refractivity contribution in [3.8, 4) is 11.5 Å². The summed E-state index contributed by atoms with van der Waals surface area (Å²) in [6, 6.07) is 18.4. The molecule has 0 atom stereocenters. The van der Waals surface area contributed by atoms with Gasteiger partial charge in [0.15, 0.2) is 0 Å². The van der Waals surface area contributed by atoms with Crippen molar-refractivity contribution in [2.75, 3.05) is 0 Å². The van der Waals surface area contributed by atoms with Crippen LogP contribution in [0.4, 0.5) is 0 Å². The molecule has 0 saturated carbocycles. The molecule has 0 spiro atoms. The van der Waals surface area contributed by atoms with E-state index in [1.54, 1.807) is 12.1 Å². The maximum Gasteiger partial charge on any atom is 0.316 e. The monoisotopic (exact) mass is 604 g/mol. The quantitative estimate of drug-likeness (QED) is 0.219. The molecule has 0 N–H and O–H groups in total. The molecular formula is C20H14I2O4S. The first kappa shape index (κ1) is 20.3. The van der Waals surface area contributed by atoms with Crippen molar-refractivity contribution in [3.63, 3.8) is 0 Å². The number of para-hydroxylation sites is 2.